The van der Waals surface area contributed by atoms with Gasteiger partial charge in [0.1, 0.15) is 12.1 Å². The molecule has 1 atom stereocenters. The molecule has 4 heteroatoms. The van der Waals surface area contributed by atoms with Gasteiger partial charge >= 0.3 is 0 Å². The van der Waals surface area contributed by atoms with E-state index < -0.39 is 0 Å². The minimum Gasteiger partial charge on any atom is -0.310 e. The fourth-order valence-electron chi connectivity index (χ4n) is 1.96. The molecular formula is C12H9N3O. The van der Waals surface area contributed by atoms with Gasteiger partial charge in [0, 0.05) is 11.8 Å². The number of rotatable bonds is 1. The van der Waals surface area contributed by atoms with E-state index in [1.807, 2.05) is 30.3 Å². The van der Waals surface area contributed by atoms with Crippen LogP contribution < -0.4 is 5.32 Å². The predicted octanol–water partition coefficient (Wildman–Crippen LogP) is 1.56. The Kier molecular flexibility index (Phi) is 1.93. The Labute approximate surface area is 92.4 Å². The summed E-state index contributed by atoms with van der Waals surface area (Å²) < 4.78 is 0. The molecule has 2 aromatic rings. The number of anilines is 1. The molecule has 1 aliphatic rings. The van der Waals surface area contributed by atoms with Crippen molar-refractivity contribution >= 4 is 11.7 Å². The quantitative estimate of drug-likeness (QED) is 0.778. The van der Waals surface area contributed by atoms with Gasteiger partial charge in [0.25, 0.3) is 0 Å². The first-order valence-electron chi connectivity index (χ1n) is 5.02. The van der Waals surface area contributed by atoms with E-state index in [1.54, 1.807) is 6.20 Å². The van der Waals surface area contributed by atoms with Crippen LogP contribution in [0.25, 0.3) is 0 Å². The maximum absolute atomic E-state index is 11.9. The van der Waals surface area contributed by atoms with Crippen molar-refractivity contribution in [3.8, 4) is 0 Å². The summed E-state index contributed by atoms with van der Waals surface area (Å²) in [4.78, 5) is 19.9. The average Bonchev–Trinajstić information content (AvgIpc) is 2.66. The number of fused-ring (bicyclic) bond motifs is 1. The zero-order chi connectivity index (χ0) is 11.0. The fourth-order valence-corrected chi connectivity index (χ4v) is 1.96. The van der Waals surface area contributed by atoms with Crippen LogP contribution in [-0.4, -0.2) is 15.9 Å². The molecule has 4 nitrogen and oxygen atoms in total. The van der Waals surface area contributed by atoms with Crippen molar-refractivity contribution < 1.29 is 4.79 Å². The Morgan fingerprint density at radius 3 is 2.81 bits per heavy atom. The number of carbonyl (C=O) groups excluding carboxylic acids is 1. The van der Waals surface area contributed by atoms with Gasteiger partial charge in [-0.3, -0.25) is 4.79 Å². The van der Waals surface area contributed by atoms with Crippen molar-refractivity contribution in [2.75, 3.05) is 5.32 Å². The summed E-state index contributed by atoms with van der Waals surface area (Å²) in [5.74, 6) is 0.299. The minimum absolute atomic E-state index is 0.0401. The molecular weight excluding hydrogens is 202 g/mol. The third-order valence-electron chi connectivity index (χ3n) is 2.69. The van der Waals surface area contributed by atoms with Gasteiger partial charge in [-0.25, -0.2) is 9.97 Å². The van der Waals surface area contributed by atoms with Crippen molar-refractivity contribution in [2.45, 2.75) is 5.92 Å². The van der Waals surface area contributed by atoms with Gasteiger partial charge in [-0.05, 0) is 5.56 Å². The van der Waals surface area contributed by atoms with Crippen molar-refractivity contribution in [1.82, 2.24) is 9.97 Å². The summed E-state index contributed by atoms with van der Waals surface area (Å²) in [7, 11) is 0. The maximum Gasteiger partial charge on any atom is 0.237 e. The molecule has 1 aromatic carbocycles. The second-order valence-electron chi connectivity index (χ2n) is 3.66. The molecule has 1 aliphatic heterocycles. The van der Waals surface area contributed by atoms with E-state index in [0.29, 0.717) is 5.82 Å². The predicted molar refractivity (Wildman–Crippen MR) is 58.9 cm³/mol. The van der Waals surface area contributed by atoms with Crippen molar-refractivity contribution in [1.29, 1.82) is 0 Å². The summed E-state index contributed by atoms with van der Waals surface area (Å²) in [6.07, 6.45) is 3.13. The van der Waals surface area contributed by atoms with Gasteiger partial charge < -0.3 is 5.32 Å². The number of hydrogen-bond acceptors (Lipinski definition) is 3. The Balaban J connectivity index is 2.13. The highest BCUT2D eigenvalue weighted by atomic mass is 16.2. The first-order valence-corrected chi connectivity index (χ1v) is 5.02. The zero-order valence-electron chi connectivity index (χ0n) is 8.42. The Hall–Kier alpha value is -2.23. The topological polar surface area (TPSA) is 54.9 Å². The lowest BCUT2D eigenvalue weighted by atomic mass is 9.95. The third-order valence-corrected chi connectivity index (χ3v) is 2.69. The van der Waals surface area contributed by atoms with E-state index in [0.717, 1.165) is 11.1 Å². The fraction of sp³-hybridized carbons (Fsp3) is 0.0833. The van der Waals surface area contributed by atoms with Crippen LogP contribution in [0.4, 0.5) is 5.82 Å². The van der Waals surface area contributed by atoms with Gasteiger partial charge in [0.15, 0.2) is 0 Å². The molecule has 0 fully saturated rings. The van der Waals surface area contributed by atoms with Crippen LogP contribution in [0.2, 0.25) is 0 Å². The molecule has 0 saturated heterocycles. The lowest BCUT2D eigenvalue weighted by molar-refractivity contribution is -0.116. The Bertz CT molecular complexity index is 539. The number of benzene rings is 1. The summed E-state index contributed by atoms with van der Waals surface area (Å²) in [5, 5.41) is 2.76. The van der Waals surface area contributed by atoms with Gasteiger partial charge in [0.05, 0.1) is 5.92 Å². The van der Waals surface area contributed by atoms with Gasteiger partial charge in [-0.1, -0.05) is 30.3 Å². The normalized spacial score (nSPS) is 18.0. The Morgan fingerprint density at radius 2 is 2.00 bits per heavy atom. The van der Waals surface area contributed by atoms with Crippen LogP contribution in [0.3, 0.4) is 0 Å². The molecule has 78 valence electrons. The first-order chi connectivity index (χ1) is 7.86. The molecule has 0 radical (unpaired) electrons. The monoisotopic (exact) mass is 211 g/mol. The van der Waals surface area contributed by atoms with Crippen molar-refractivity contribution in [2.24, 2.45) is 0 Å². The largest absolute Gasteiger partial charge is 0.310 e. The molecule has 0 spiro atoms. The number of aromatic nitrogens is 2. The second kappa shape index (κ2) is 3.41. The molecule has 0 saturated carbocycles. The number of nitrogens with zero attached hydrogens (tertiary/aromatic N) is 2. The lowest BCUT2D eigenvalue weighted by Gasteiger charge is -2.07. The number of carbonyl (C=O) groups is 1. The Morgan fingerprint density at radius 1 is 1.19 bits per heavy atom. The number of nitrogens with one attached hydrogen (secondary N) is 1. The third kappa shape index (κ3) is 1.27. The molecule has 2 heterocycles. The zero-order valence-corrected chi connectivity index (χ0v) is 8.42. The molecule has 1 aromatic heterocycles. The van der Waals surface area contributed by atoms with Crippen LogP contribution in [0.5, 0.6) is 0 Å². The van der Waals surface area contributed by atoms with Crippen LogP contribution in [0.1, 0.15) is 17.0 Å². The smallest absolute Gasteiger partial charge is 0.237 e. The highest BCUT2D eigenvalue weighted by Gasteiger charge is 2.32. The average molecular weight is 211 g/mol. The van der Waals surface area contributed by atoms with Crippen LogP contribution in [-0.2, 0) is 4.79 Å². The van der Waals surface area contributed by atoms with Gasteiger partial charge in [-0.2, -0.15) is 0 Å². The summed E-state index contributed by atoms with van der Waals surface area (Å²) >= 11 is 0. The SMILES string of the molecule is O=C1Nc2ncncc2C1c1ccccc1. The summed E-state index contributed by atoms with van der Waals surface area (Å²) in [6.45, 7) is 0. The molecule has 0 bridgehead atoms. The lowest BCUT2D eigenvalue weighted by Crippen LogP contribution is -2.13. The minimum atomic E-state index is -0.280. The van der Waals surface area contributed by atoms with Crippen LogP contribution in [0, 0.1) is 0 Å². The van der Waals surface area contributed by atoms with Crippen molar-refractivity contribution in [3.05, 3.63) is 54.0 Å². The number of amides is 1. The van der Waals surface area contributed by atoms with Crippen molar-refractivity contribution in [3.63, 3.8) is 0 Å². The maximum atomic E-state index is 11.9. The van der Waals surface area contributed by atoms with E-state index in [2.05, 4.69) is 15.3 Å². The highest BCUT2D eigenvalue weighted by molar-refractivity contribution is 6.03. The van der Waals surface area contributed by atoms with E-state index >= 15 is 0 Å². The van der Waals surface area contributed by atoms with Crippen LogP contribution in [0.15, 0.2) is 42.9 Å². The molecule has 1 amide bonds. The molecule has 0 aliphatic carbocycles. The van der Waals surface area contributed by atoms with E-state index in [-0.39, 0.29) is 11.8 Å². The van der Waals surface area contributed by atoms with Gasteiger partial charge in [0.2, 0.25) is 5.91 Å². The molecule has 1 N–H and O–H groups in total. The standard InChI is InChI=1S/C12H9N3O/c16-12-10(8-4-2-1-3-5-8)9-6-13-7-14-11(9)15-12/h1-7,10H,(H,13,14,15,16). The summed E-state index contributed by atoms with van der Waals surface area (Å²) in [5.41, 5.74) is 1.81. The summed E-state index contributed by atoms with van der Waals surface area (Å²) in [6, 6.07) is 9.65. The van der Waals surface area contributed by atoms with Gasteiger partial charge in [-0.15, -0.1) is 0 Å². The second-order valence-corrected chi connectivity index (χ2v) is 3.66. The molecule has 1 unspecified atom stereocenters. The molecule has 16 heavy (non-hydrogen) atoms. The van der Waals surface area contributed by atoms with E-state index in [9.17, 15) is 4.79 Å². The highest BCUT2D eigenvalue weighted by Crippen LogP contribution is 2.34. The first kappa shape index (κ1) is 9.03. The van der Waals surface area contributed by atoms with Crippen LogP contribution >= 0.6 is 0 Å². The van der Waals surface area contributed by atoms with E-state index in [4.69, 9.17) is 0 Å². The van der Waals surface area contributed by atoms with E-state index in [1.165, 1.54) is 6.33 Å². The number of hydrogen-bond donors (Lipinski definition) is 1. The molecule has 3 rings (SSSR count).